The van der Waals surface area contributed by atoms with Crippen molar-refractivity contribution in [2.24, 2.45) is 0 Å². The van der Waals surface area contributed by atoms with Crippen LogP contribution < -0.4 is 28.4 Å². The number of hydrogen-bond acceptors (Lipinski definition) is 16. The third kappa shape index (κ3) is 10.0. The van der Waals surface area contributed by atoms with Gasteiger partial charge in [0, 0.05) is 24.3 Å². The maximum atomic E-state index is 12.7. The Hall–Kier alpha value is -6.00. The van der Waals surface area contributed by atoms with Crippen LogP contribution in [0, 0.1) is 0 Å². The van der Waals surface area contributed by atoms with E-state index in [2.05, 4.69) is 13.2 Å². The van der Waals surface area contributed by atoms with Crippen molar-refractivity contribution in [3.63, 3.8) is 0 Å². The van der Waals surface area contributed by atoms with Crippen LogP contribution in [-0.4, -0.2) is 104 Å². The summed E-state index contributed by atoms with van der Waals surface area (Å²) in [6.45, 7) is 5.90. The molecule has 2 heterocycles. The van der Waals surface area contributed by atoms with Crippen molar-refractivity contribution in [2.45, 2.75) is 24.4 Å². The molecule has 0 aliphatic carbocycles. The van der Waals surface area contributed by atoms with Crippen LogP contribution in [-0.2, 0) is 47.6 Å². The van der Waals surface area contributed by atoms with Gasteiger partial charge in [-0.15, -0.1) is 0 Å². The summed E-state index contributed by atoms with van der Waals surface area (Å²) in [5, 5.41) is 0. The van der Waals surface area contributed by atoms with Gasteiger partial charge in [-0.25, -0.2) is 19.2 Å². The lowest BCUT2D eigenvalue weighted by atomic mass is 10.1. The Balaban J connectivity index is 1.31. The maximum Gasteiger partial charge on any atom is 0.333 e. The van der Waals surface area contributed by atoms with Gasteiger partial charge in [0.25, 0.3) is 0 Å². The second kappa shape index (κ2) is 18.8. The predicted octanol–water partition coefficient (Wildman–Crippen LogP) is 3.20. The molecule has 2 aliphatic heterocycles. The molecule has 2 aliphatic rings. The third-order valence-electron chi connectivity index (χ3n) is 7.43. The Morgan fingerprint density at radius 2 is 0.962 bits per heavy atom. The number of hydrogen-bond donors (Lipinski definition) is 0. The van der Waals surface area contributed by atoms with Gasteiger partial charge in [0.05, 0.1) is 41.7 Å². The van der Waals surface area contributed by atoms with E-state index < -0.39 is 61.9 Å². The van der Waals surface area contributed by atoms with Crippen LogP contribution in [0.25, 0.3) is 12.2 Å². The zero-order valence-electron chi connectivity index (χ0n) is 28.9. The molecule has 0 N–H and O–H groups in total. The number of ether oxygens (including phenoxy) is 12. The molecule has 278 valence electrons. The molecule has 16 nitrogen and oxygen atoms in total. The molecule has 52 heavy (non-hydrogen) atoms. The number of rotatable bonds is 18. The summed E-state index contributed by atoms with van der Waals surface area (Å²) in [5.74, 6) is -1.25. The molecule has 0 bridgehead atoms. The van der Waals surface area contributed by atoms with Gasteiger partial charge in [0.15, 0.2) is 35.2 Å². The van der Waals surface area contributed by atoms with Crippen molar-refractivity contribution in [1.82, 2.24) is 0 Å². The number of methoxy groups -OCH3 is 4. The standard InChI is InChI=1S/C36H38O16/c1-7-29(37)47-19-49-33-23(41-3)13-21(14-24(33)42-4)9-11-31(39)51-27-17-45-36-28(18-46-35(27)36)52-32(40)12-10-22-15-25(43-5)34(26(16-22)44-6)50-20-48-30(38)8-2/h7-16,27-28,35-36H,1-2,17-20H2,3-6H3/b11-9+,12-10+. The Labute approximate surface area is 298 Å². The fraction of sp³-hybridized carbons (Fsp3) is 0.333. The molecular formula is C36H38O16. The summed E-state index contributed by atoms with van der Waals surface area (Å²) < 4.78 is 64.9. The fourth-order valence-electron chi connectivity index (χ4n) is 5.02. The van der Waals surface area contributed by atoms with Crippen molar-refractivity contribution >= 4 is 36.0 Å². The lowest BCUT2D eigenvalue weighted by Gasteiger charge is -2.16. The number of carbonyl (C=O) groups excluding carboxylic acids is 4. The van der Waals surface area contributed by atoms with E-state index in [9.17, 15) is 19.2 Å². The Bertz CT molecular complexity index is 1520. The van der Waals surface area contributed by atoms with Crippen molar-refractivity contribution < 1.29 is 76.0 Å². The normalized spacial score (nSPS) is 18.9. The van der Waals surface area contributed by atoms with Crippen LogP contribution in [0.15, 0.2) is 61.7 Å². The molecule has 2 aromatic rings. The van der Waals surface area contributed by atoms with Gasteiger partial charge < -0.3 is 56.8 Å². The van der Waals surface area contributed by atoms with Crippen LogP contribution in [0.3, 0.4) is 0 Å². The van der Waals surface area contributed by atoms with E-state index in [0.717, 1.165) is 12.2 Å². The minimum absolute atomic E-state index is 0.0315. The molecule has 4 unspecified atom stereocenters. The largest absolute Gasteiger partial charge is 0.493 e. The molecule has 0 spiro atoms. The number of benzene rings is 2. The molecule has 0 aromatic heterocycles. The monoisotopic (exact) mass is 726 g/mol. The van der Waals surface area contributed by atoms with Crippen LogP contribution in [0.1, 0.15) is 11.1 Å². The summed E-state index contributed by atoms with van der Waals surface area (Å²) >= 11 is 0. The fourth-order valence-corrected chi connectivity index (χ4v) is 5.02. The minimum Gasteiger partial charge on any atom is -0.493 e. The summed E-state index contributed by atoms with van der Waals surface area (Å²) in [5.41, 5.74) is 1.04. The number of esters is 4. The van der Waals surface area contributed by atoms with Crippen LogP contribution in [0.4, 0.5) is 0 Å². The molecule has 2 aromatic carbocycles. The van der Waals surface area contributed by atoms with Crippen molar-refractivity contribution in [2.75, 3.05) is 55.2 Å². The van der Waals surface area contributed by atoms with Gasteiger partial charge in [-0.3, -0.25) is 0 Å². The summed E-state index contributed by atoms with van der Waals surface area (Å²) in [6, 6.07) is 6.34. The van der Waals surface area contributed by atoms with Crippen LogP contribution in [0.5, 0.6) is 34.5 Å². The summed E-state index contributed by atoms with van der Waals surface area (Å²) in [7, 11) is 5.66. The Morgan fingerprint density at radius 3 is 1.27 bits per heavy atom. The highest BCUT2D eigenvalue weighted by Crippen LogP contribution is 2.40. The van der Waals surface area contributed by atoms with E-state index in [0.29, 0.717) is 11.1 Å². The zero-order chi connectivity index (χ0) is 37.6. The van der Waals surface area contributed by atoms with Crippen molar-refractivity contribution in [1.29, 1.82) is 0 Å². The van der Waals surface area contributed by atoms with E-state index in [1.807, 2.05) is 0 Å². The lowest BCUT2D eigenvalue weighted by molar-refractivity contribution is -0.149. The van der Waals surface area contributed by atoms with E-state index in [-0.39, 0.29) is 47.7 Å². The molecule has 2 saturated heterocycles. The lowest BCUT2D eigenvalue weighted by Crippen LogP contribution is -2.35. The first-order valence-electron chi connectivity index (χ1n) is 15.5. The maximum absolute atomic E-state index is 12.7. The van der Waals surface area contributed by atoms with E-state index in [1.54, 1.807) is 24.3 Å². The third-order valence-corrected chi connectivity index (χ3v) is 7.43. The van der Waals surface area contributed by atoms with Crippen molar-refractivity contribution in [3.05, 3.63) is 72.9 Å². The zero-order valence-corrected chi connectivity index (χ0v) is 28.9. The molecule has 2 fully saturated rings. The summed E-state index contributed by atoms with van der Waals surface area (Å²) in [6.07, 6.45) is 4.60. The van der Waals surface area contributed by atoms with Gasteiger partial charge in [0.1, 0.15) is 12.2 Å². The quantitative estimate of drug-likeness (QED) is 0.0945. The predicted molar refractivity (Wildman–Crippen MR) is 180 cm³/mol. The second-order valence-electron chi connectivity index (χ2n) is 10.6. The van der Waals surface area contributed by atoms with E-state index in [1.165, 1.54) is 52.7 Å². The Kier molecular flexibility index (Phi) is 14.1. The van der Waals surface area contributed by atoms with E-state index >= 15 is 0 Å². The second-order valence-corrected chi connectivity index (χ2v) is 10.6. The van der Waals surface area contributed by atoms with Gasteiger partial charge in [-0.2, -0.15) is 0 Å². The highest BCUT2D eigenvalue weighted by atomic mass is 16.7. The van der Waals surface area contributed by atoms with Crippen LogP contribution in [0.2, 0.25) is 0 Å². The first-order valence-corrected chi connectivity index (χ1v) is 15.5. The van der Waals surface area contributed by atoms with Gasteiger partial charge in [-0.1, -0.05) is 13.2 Å². The van der Waals surface area contributed by atoms with E-state index in [4.69, 9.17) is 56.8 Å². The Morgan fingerprint density at radius 1 is 0.615 bits per heavy atom. The molecule has 0 radical (unpaired) electrons. The minimum atomic E-state index is -0.750. The summed E-state index contributed by atoms with van der Waals surface area (Å²) in [4.78, 5) is 48.1. The smallest absolute Gasteiger partial charge is 0.333 e. The van der Waals surface area contributed by atoms with Gasteiger partial charge in [0.2, 0.25) is 25.1 Å². The average molecular weight is 727 g/mol. The average Bonchev–Trinajstić information content (AvgIpc) is 3.75. The number of carbonyl (C=O) groups is 4. The molecule has 0 saturated carbocycles. The first-order chi connectivity index (χ1) is 25.1. The highest BCUT2D eigenvalue weighted by molar-refractivity contribution is 5.88. The van der Waals surface area contributed by atoms with Gasteiger partial charge >= 0.3 is 23.9 Å². The SMILES string of the molecule is C=CC(=O)OCOc1c(OC)cc(/C=C/C(=O)OC2COC3C(OC(=O)/C=C/c4cc(OC)c(OCOC(=O)C=C)c(OC)c4)COC23)cc1OC. The van der Waals surface area contributed by atoms with Crippen LogP contribution >= 0.6 is 0 Å². The first kappa shape index (κ1) is 38.8. The van der Waals surface area contributed by atoms with Gasteiger partial charge in [-0.05, 0) is 47.5 Å². The molecule has 4 rings (SSSR count). The number of fused-ring (bicyclic) bond motifs is 1. The van der Waals surface area contributed by atoms with Crippen molar-refractivity contribution in [3.8, 4) is 34.5 Å². The highest BCUT2D eigenvalue weighted by Gasteiger charge is 2.51. The molecule has 16 heteroatoms. The topological polar surface area (TPSA) is 179 Å². The molecular weight excluding hydrogens is 688 g/mol. The molecule has 0 amide bonds. The molecule has 4 atom stereocenters.